The SMILES string of the molecule is COc1cc2c(=O)n(CCO)c(=O)n(CC(=O)NCc3ccccc3)c2cc1OC. The van der Waals surface area contributed by atoms with E-state index in [0.29, 0.717) is 18.0 Å². The van der Waals surface area contributed by atoms with Gasteiger partial charge in [-0.1, -0.05) is 30.3 Å². The fourth-order valence-electron chi connectivity index (χ4n) is 3.19. The Bertz CT molecular complexity index is 1170. The molecule has 9 heteroatoms. The molecule has 0 unspecified atom stereocenters. The number of methoxy groups -OCH3 is 2. The second-order valence-corrected chi connectivity index (χ2v) is 6.54. The molecule has 0 spiro atoms. The van der Waals surface area contributed by atoms with Crippen LogP contribution in [0.3, 0.4) is 0 Å². The third kappa shape index (κ3) is 4.20. The standard InChI is InChI=1S/C21H23N3O6/c1-29-17-10-15-16(11-18(17)30-2)24(21(28)23(8-9-25)20(15)27)13-19(26)22-12-14-6-4-3-5-7-14/h3-7,10-11,25H,8-9,12-13H2,1-2H3,(H,22,26). The first-order valence-corrected chi connectivity index (χ1v) is 9.31. The number of hydrogen-bond acceptors (Lipinski definition) is 6. The van der Waals surface area contributed by atoms with Crippen LogP contribution in [0.5, 0.6) is 11.5 Å². The van der Waals surface area contributed by atoms with E-state index in [1.807, 2.05) is 30.3 Å². The first kappa shape index (κ1) is 21.1. The summed E-state index contributed by atoms with van der Waals surface area (Å²) in [6.07, 6.45) is 0. The average molecular weight is 413 g/mol. The van der Waals surface area contributed by atoms with Gasteiger partial charge in [-0.2, -0.15) is 0 Å². The summed E-state index contributed by atoms with van der Waals surface area (Å²) in [7, 11) is 2.87. The fraction of sp³-hybridized carbons (Fsp3) is 0.286. The first-order chi connectivity index (χ1) is 14.5. The Hall–Kier alpha value is -3.59. The van der Waals surface area contributed by atoms with Crippen molar-refractivity contribution in [1.29, 1.82) is 0 Å². The molecule has 0 atom stereocenters. The van der Waals surface area contributed by atoms with Gasteiger partial charge in [0.1, 0.15) is 6.54 Å². The number of nitrogens with zero attached hydrogens (tertiary/aromatic N) is 2. The molecule has 3 aromatic rings. The Morgan fingerprint density at radius 1 is 1.03 bits per heavy atom. The van der Waals surface area contributed by atoms with Gasteiger partial charge in [0, 0.05) is 12.6 Å². The molecule has 2 aromatic carbocycles. The summed E-state index contributed by atoms with van der Waals surface area (Å²) in [5.41, 5.74) is -0.110. The monoisotopic (exact) mass is 413 g/mol. The second-order valence-electron chi connectivity index (χ2n) is 6.54. The molecule has 9 nitrogen and oxygen atoms in total. The van der Waals surface area contributed by atoms with E-state index < -0.39 is 23.8 Å². The molecule has 0 aliphatic rings. The van der Waals surface area contributed by atoms with Crippen LogP contribution in [0.15, 0.2) is 52.1 Å². The number of amides is 1. The topological polar surface area (TPSA) is 112 Å². The van der Waals surface area contributed by atoms with Crippen molar-refractivity contribution in [2.75, 3.05) is 20.8 Å². The van der Waals surface area contributed by atoms with Gasteiger partial charge in [0.25, 0.3) is 5.56 Å². The Balaban J connectivity index is 2.06. The normalized spacial score (nSPS) is 10.8. The number of aliphatic hydroxyl groups excluding tert-OH is 1. The lowest BCUT2D eigenvalue weighted by atomic mass is 10.2. The molecule has 3 rings (SSSR count). The van der Waals surface area contributed by atoms with E-state index in [2.05, 4.69) is 5.32 Å². The number of benzene rings is 2. The number of aromatic nitrogens is 2. The number of nitrogens with one attached hydrogen (secondary N) is 1. The lowest BCUT2D eigenvalue weighted by Gasteiger charge is -2.16. The zero-order chi connectivity index (χ0) is 21.7. The summed E-state index contributed by atoms with van der Waals surface area (Å²) < 4.78 is 12.6. The average Bonchev–Trinajstić information content (AvgIpc) is 2.77. The Labute approximate surface area is 172 Å². The number of rotatable bonds is 8. The van der Waals surface area contributed by atoms with Gasteiger partial charge in [-0.25, -0.2) is 4.79 Å². The van der Waals surface area contributed by atoms with Crippen molar-refractivity contribution in [3.05, 3.63) is 68.9 Å². The summed E-state index contributed by atoms with van der Waals surface area (Å²) in [4.78, 5) is 38.3. The van der Waals surface area contributed by atoms with Crippen LogP contribution in [0.4, 0.5) is 0 Å². The van der Waals surface area contributed by atoms with Crippen LogP contribution in [0.25, 0.3) is 10.9 Å². The summed E-state index contributed by atoms with van der Waals surface area (Å²) in [5.74, 6) is 0.241. The Morgan fingerprint density at radius 3 is 2.33 bits per heavy atom. The van der Waals surface area contributed by atoms with Crippen LogP contribution in [0.2, 0.25) is 0 Å². The number of ether oxygens (including phenoxy) is 2. The van der Waals surface area contributed by atoms with Gasteiger partial charge in [-0.3, -0.25) is 18.7 Å². The molecule has 1 amide bonds. The molecule has 1 heterocycles. The van der Waals surface area contributed by atoms with E-state index in [1.54, 1.807) is 0 Å². The number of carbonyl (C=O) groups is 1. The van der Waals surface area contributed by atoms with Crippen molar-refractivity contribution in [2.45, 2.75) is 19.6 Å². The minimum absolute atomic E-state index is 0.177. The molecule has 158 valence electrons. The lowest BCUT2D eigenvalue weighted by Crippen LogP contribution is -2.43. The molecule has 0 saturated carbocycles. The molecule has 0 saturated heterocycles. The second kappa shape index (κ2) is 9.27. The fourth-order valence-corrected chi connectivity index (χ4v) is 3.19. The Morgan fingerprint density at radius 2 is 1.70 bits per heavy atom. The van der Waals surface area contributed by atoms with Gasteiger partial charge >= 0.3 is 5.69 Å². The third-order valence-electron chi connectivity index (χ3n) is 4.69. The van der Waals surface area contributed by atoms with Gasteiger partial charge in [0.05, 0.1) is 38.3 Å². The zero-order valence-electron chi connectivity index (χ0n) is 16.8. The van der Waals surface area contributed by atoms with Crippen LogP contribution in [-0.2, 0) is 24.4 Å². The number of hydrogen-bond donors (Lipinski definition) is 2. The minimum atomic E-state index is -0.691. The molecule has 0 radical (unpaired) electrons. The summed E-state index contributed by atoms with van der Waals surface area (Å²) >= 11 is 0. The third-order valence-corrected chi connectivity index (χ3v) is 4.69. The maximum Gasteiger partial charge on any atom is 0.332 e. The van der Waals surface area contributed by atoms with E-state index in [1.165, 1.54) is 30.9 Å². The highest BCUT2D eigenvalue weighted by Crippen LogP contribution is 2.30. The van der Waals surface area contributed by atoms with E-state index in [0.717, 1.165) is 10.1 Å². The van der Waals surface area contributed by atoms with Crippen molar-refractivity contribution in [2.24, 2.45) is 0 Å². The predicted octanol–water partition coefficient (Wildman–Crippen LogP) is 0.489. The molecule has 0 bridgehead atoms. The molecule has 0 fully saturated rings. The van der Waals surface area contributed by atoms with Crippen molar-refractivity contribution in [3.8, 4) is 11.5 Å². The van der Waals surface area contributed by atoms with E-state index in [4.69, 9.17) is 9.47 Å². The first-order valence-electron chi connectivity index (χ1n) is 9.31. The molecular weight excluding hydrogens is 390 g/mol. The van der Waals surface area contributed by atoms with Gasteiger partial charge < -0.3 is 19.9 Å². The van der Waals surface area contributed by atoms with Crippen LogP contribution in [0.1, 0.15) is 5.56 Å². The summed E-state index contributed by atoms with van der Waals surface area (Å²) in [6, 6.07) is 12.3. The predicted molar refractivity (Wildman–Crippen MR) is 111 cm³/mol. The van der Waals surface area contributed by atoms with Crippen molar-refractivity contribution in [3.63, 3.8) is 0 Å². The molecule has 0 aliphatic carbocycles. The number of aliphatic hydroxyl groups is 1. The molecular formula is C21H23N3O6. The van der Waals surface area contributed by atoms with Crippen molar-refractivity contribution in [1.82, 2.24) is 14.5 Å². The quantitative estimate of drug-likeness (QED) is 0.556. The number of carbonyl (C=O) groups excluding carboxylic acids is 1. The van der Waals surface area contributed by atoms with Gasteiger partial charge in [0.15, 0.2) is 11.5 Å². The molecule has 0 aliphatic heterocycles. The van der Waals surface area contributed by atoms with Gasteiger partial charge in [-0.15, -0.1) is 0 Å². The maximum absolute atomic E-state index is 12.9. The minimum Gasteiger partial charge on any atom is -0.493 e. The molecule has 2 N–H and O–H groups in total. The molecule has 30 heavy (non-hydrogen) atoms. The number of fused-ring (bicyclic) bond motifs is 1. The van der Waals surface area contributed by atoms with Gasteiger partial charge in [0.2, 0.25) is 5.91 Å². The highest BCUT2D eigenvalue weighted by Gasteiger charge is 2.18. The lowest BCUT2D eigenvalue weighted by molar-refractivity contribution is -0.121. The summed E-state index contributed by atoms with van der Waals surface area (Å²) in [5, 5.41) is 12.2. The highest BCUT2D eigenvalue weighted by atomic mass is 16.5. The molecule has 1 aromatic heterocycles. The van der Waals surface area contributed by atoms with E-state index in [9.17, 15) is 19.5 Å². The van der Waals surface area contributed by atoms with Crippen molar-refractivity contribution < 1.29 is 19.4 Å². The van der Waals surface area contributed by atoms with Crippen LogP contribution in [0, 0.1) is 0 Å². The van der Waals surface area contributed by atoms with Crippen molar-refractivity contribution >= 4 is 16.8 Å². The maximum atomic E-state index is 12.9. The van der Waals surface area contributed by atoms with Crippen LogP contribution in [-0.4, -0.2) is 41.0 Å². The van der Waals surface area contributed by atoms with E-state index >= 15 is 0 Å². The van der Waals surface area contributed by atoms with Crippen LogP contribution < -0.4 is 26.0 Å². The van der Waals surface area contributed by atoms with Gasteiger partial charge in [-0.05, 0) is 11.6 Å². The Kier molecular flexibility index (Phi) is 6.53. The van der Waals surface area contributed by atoms with Crippen LogP contribution >= 0.6 is 0 Å². The highest BCUT2D eigenvalue weighted by molar-refractivity contribution is 5.84. The zero-order valence-corrected chi connectivity index (χ0v) is 16.8. The summed E-state index contributed by atoms with van der Waals surface area (Å²) in [6.45, 7) is -0.579. The smallest absolute Gasteiger partial charge is 0.332 e. The van der Waals surface area contributed by atoms with E-state index in [-0.39, 0.29) is 24.0 Å². The largest absolute Gasteiger partial charge is 0.493 e.